The quantitative estimate of drug-likeness (QED) is 0.577. The zero-order valence-electron chi connectivity index (χ0n) is 15.3. The molecule has 28 heavy (non-hydrogen) atoms. The fraction of sp³-hybridized carbons (Fsp3) is 0.136. The standard InChI is InChI=1S/C22H19N3O3/c1-14(16-11-10-15-6-2-3-7-17(15)12-16)23-20(26)13-25-19-9-5-4-8-18(19)21(27)24-22(25)28/h2-12,14H,13H2,1H3,(H,23,26)(H,24,27,28)/t14-/m0/s1. The van der Waals surface area contributed by atoms with E-state index in [0.717, 1.165) is 16.3 Å². The van der Waals surface area contributed by atoms with Crippen LogP contribution >= 0.6 is 0 Å². The average Bonchev–Trinajstić information content (AvgIpc) is 2.70. The molecule has 6 nitrogen and oxygen atoms in total. The summed E-state index contributed by atoms with van der Waals surface area (Å²) in [5, 5.41) is 5.53. The third kappa shape index (κ3) is 3.32. The zero-order chi connectivity index (χ0) is 19.7. The van der Waals surface area contributed by atoms with Crippen LogP contribution in [0.2, 0.25) is 0 Å². The second-order valence-electron chi connectivity index (χ2n) is 6.76. The lowest BCUT2D eigenvalue weighted by molar-refractivity contribution is -0.122. The fourth-order valence-corrected chi connectivity index (χ4v) is 3.39. The highest BCUT2D eigenvalue weighted by Gasteiger charge is 2.14. The number of H-pyrrole nitrogens is 1. The van der Waals surface area contributed by atoms with Gasteiger partial charge in [0.05, 0.1) is 16.9 Å². The fourth-order valence-electron chi connectivity index (χ4n) is 3.39. The lowest BCUT2D eigenvalue weighted by Crippen LogP contribution is -2.37. The number of hydrogen-bond donors (Lipinski definition) is 2. The van der Waals surface area contributed by atoms with Crippen molar-refractivity contribution in [3.05, 3.63) is 93.1 Å². The average molecular weight is 373 g/mol. The van der Waals surface area contributed by atoms with Crippen LogP contribution in [-0.4, -0.2) is 15.5 Å². The number of carbonyl (C=O) groups is 1. The van der Waals surface area contributed by atoms with Gasteiger partial charge < -0.3 is 5.32 Å². The van der Waals surface area contributed by atoms with Crippen LogP contribution in [-0.2, 0) is 11.3 Å². The summed E-state index contributed by atoms with van der Waals surface area (Å²) >= 11 is 0. The number of benzene rings is 3. The lowest BCUT2D eigenvalue weighted by Gasteiger charge is -2.16. The molecule has 0 saturated carbocycles. The van der Waals surface area contributed by atoms with Crippen LogP contribution < -0.4 is 16.6 Å². The Bertz CT molecular complexity index is 1300. The van der Waals surface area contributed by atoms with Crippen LogP contribution in [0.1, 0.15) is 18.5 Å². The number of rotatable bonds is 4. The third-order valence-corrected chi connectivity index (χ3v) is 4.86. The first-order valence-corrected chi connectivity index (χ1v) is 9.03. The van der Waals surface area contributed by atoms with E-state index in [-0.39, 0.29) is 18.5 Å². The highest BCUT2D eigenvalue weighted by atomic mass is 16.2. The molecule has 0 fully saturated rings. The molecule has 0 aliphatic rings. The number of nitrogens with zero attached hydrogens (tertiary/aromatic N) is 1. The van der Waals surface area contributed by atoms with Crippen molar-refractivity contribution in [1.82, 2.24) is 14.9 Å². The molecule has 4 rings (SSSR count). The van der Waals surface area contributed by atoms with Gasteiger partial charge >= 0.3 is 5.69 Å². The van der Waals surface area contributed by atoms with Gasteiger partial charge in [-0.1, -0.05) is 48.5 Å². The van der Waals surface area contributed by atoms with E-state index in [2.05, 4.69) is 10.3 Å². The maximum Gasteiger partial charge on any atom is 0.329 e. The molecule has 1 amide bonds. The minimum absolute atomic E-state index is 0.173. The minimum Gasteiger partial charge on any atom is -0.348 e. The molecule has 0 aliphatic carbocycles. The smallest absolute Gasteiger partial charge is 0.329 e. The summed E-state index contributed by atoms with van der Waals surface area (Å²) in [4.78, 5) is 39.0. The summed E-state index contributed by atoms with van der Waals surface area (Å²) in [5.74, 6) is -0.306. The Morgan fingerprint density at radius 2 is 1.71 bits per heavy atom. The second-order valence-corrected chi connectivity index (χ2v) is 6.76. The highest BCUT2D eigenvalue weighted by Crippen LogP contribution is 2.20. The van der Waals surface area contributed by atoms with Crippen molar-refractivity contribution < 1.29 is 4.79 Å². The van der Waals surface area contributed by atoms with Crippen molar-refractivity contribution in [2.24, 2.45) is 0 Å². The van der Waals surface area contributed by atoms with E-state index in [1.807, 2.05) is 49.4 Å². The van der Waals surface area contributed by atoms with Gasteiger partial charge in [-0.05, 0) is 41.5 Å². The van der Waals surface area contributed by atoms with Crippen molar-refractivity contribution in [2.75, 3.05) is 0 Å². The summed E-state index contributed by atoms with van der Waals surface area (Å²) in [7, 11) is 0. The first kappa shape index (κ1) is 17.7. The summed E-state index contributed by atoms with van der Waals surface area (Å²) in [6.07, 6.45) is 0. The van der Waals surface area contributed by atoms with Gasteiger partial charge in [-0.25, -0.2) is 4.79 Å². The van der Waals surface area contributed by atoms with Gasteiger partial charge in [0.1, 0.15) is 6.54 Å². The predicted molar refractivity (Wildman–Crippen MR) is 109 cm³/mol. The van der Waals surface area contributed by atoms with E-state index >= 15 is 0 Å². The molecule has 0 bridgehead atoms. The molecule has 2 N–H and O–H groups in total. The summed E-state index contributed by atoms with van der Waals surface area (Å²) in [5.41, 5.74) is 0.356. The Labute approximate surface area is 160 Å². The van der Waals surface area contributed by atoms with Crippen molar-refractivity contribution in [3.63, 3.8) is 0 Å². The molecule has 0 saturated heterocycles. The molecule has 0 unspecified atom stereocenters. The monoisotopic (exact) mass is 373 g/mol. The Balaban J connectivity index is 1.58. The van der Waals surface area contributed by atoms with E-state index < -0.39 is 11.2 Å². The Kier molecular flexibility index (Phi) is 4.53. The number of para-hydroxylation sites is 1. The van der Waals surface area contributed by atoms with Crippen LogP contribution in [0, 0.1) is 0 Å². The predicted octanol–water partition coefficient (Wildman–Crippen LogP) is 2.72. The van der Waals surface area contributed by atoms with Gasteiger partial charge in [-0.15, -0.1) is 0 Å². The second kappa shape index (κ2) is 7.15. The summed E-state index contributed by atoms with van der Waals surface area (Å²) in [6, 6.07) is 20.6. The van der Waals surface area contributed by atoms with Crippen molar-refractivity contribution in [3.8, 4) is 0 Å². The van der Waals surface area contributed by atoms with Crippen molar-refractivity contribution in [1.29, 1.82) is 0 Å². The van der Waals surface area contributed by atoms with Crippen molar-refractivity contribution in [2.45, 2.75) is 19.5 Å². The zero-order valence-corrected chi connectivity index (χ0v) is 15.3. The van der Waals surface area contributed by atoms with Crippen LogP contribution in [0.4, 0.5) is 0 Å². The van der Waals surface area contributed by atoms with Gasteiger partial charge in [-0.3, -0.25) is 19.1 Å². The summed E-state index contributed by atoms with van der Waals surface area (Å²) in [6.45, 7) is 1.73. The molecule has 6 heteroatoms. The molecule has 0 spiro atoms. The number of carbonyl (C=O) groups excluding carboxylic acids is 1. The van der Waals surface area contributed by atoms with Gasteiger partial charge in [-0.2, -0.15) is 0 Å². The Hall–Kier alpha value is -3.67. The number of aromatic nitrogens is 2. The first-order valence-electron chi connectivity index (χ1n) is 9.03. The highest BCUT2D eigenvalue weighted by molar-refractivity contribution is 5.84. The van der Waals surface area contributed by atoms with Crippen LogP contribution in [0.5, 0.6) is 0 Å². The van der Waals surface area contributed by atoms with Crippen LogP contribution in [0.3, 0.4) is 0 Å². The first-order chi connectivity index (χ1) is 13.5. The number of amides is 1. The van der Waals surface area contributed by atoms with E-state index in [1.54, 1.807) is 24.3 Å². The molecule has 1 aromatic heterocycles. The third-order valence-electron chi connectivity index (χ3n) is 4.86. The van der Waals surface area contributed by atoms with Gasteiger partial charge in [0, 0.05) is 0 Å². The molecule has 1 atom stereocenters. The van der Waals surface area contributed by atoms with Crippen molar-refractivity contribution >= 4 is 27.6 Å². The molecule has 0 radical (unpaired) electrons. The van der Waals surface area contributed by atoms with Crippen LogP contribution in [0.15, 0.2) is 76.3 Å². The minimum atomic E-state index is -0.600. The van der Waals surface area contributed by atoms with Crippen LogP contribution in [0.25, 0.3) is 21.7 Å². The lowest BCUT2D eigenvalue weighted by atomic mass is 10.0. The van der Waals surface area contributed by atoms with E-state index in [0.29, 0.717) is 10.9 Å². The van der Waals surface area contributed by atoms with E-state index in [9.17, 15) is 14.4 Å². The number of aromatic amines is 1. The maximum atomic E-state index is 12.6. The maximum absolute atomic E-state index is 12.6. The normalized spacial score (nSPS) is 12.2. The van der Waals surface area contributed by atoms with E-state index in [1.165, 1.54) is 4.57 Å². The van der Waals surface area contributed by atoms with E-state index in [4.69, 9.17) is 0 Å². The van der Waals surface area contributed by atoms with Gasteiger partial charge in [0.2, 0.25) is 5.91 Å². The molecule has 140 valence electrons. The summed E-state index contributed by atoms with van der Waals surface area (Å²) < 4.78 is 1.28. The molecule has 1 heterocycles. The topological polar surface area (TPSA) is 84.0 Å². The Morgan fingerprint density at radius 3 is 2.54 bits per heavy atom. The largest absolute Gasteiger partial charge is 0.348 e. The number of nitrogens with one attached hydrogen (secondary N) is 2. The molecule has 3 aromatic carbocycles. The number of hydrogen-bond acceptors (Lipinski definition) is 3. The van der Waals surface area contributed by atoms with Gasteiger partial charge in [0.25, 0.3) is 5.56 Å². The van der Waals surface area contributed by atoms with Gasteiger partial charge in [0.15, 0.2) is 0 Å². The molecular formula is C22H19N3O3. The molecular weight excluding hydrogens is 354 g/mol. The molecule has 0 aliphatic heterocycles. The Morgan fingerprint density at radius 1 is 1.00 bits per heavy atom. The SMILES string of the molecule is C[C@H](NC(=O)Cn1c(=O)[nH]c(=O)c2ccccc21)c1ccc2ccccc2c1. The number of fused-ring (bicyclic) bond motifs is 2. The molecule has 4 aromatic rings.